The monoisotopic (exact) mass is 538 g/mol. The number of hydrazine groups is 1. The Balaban J connectivity index is 1.85. The largest absolute Gasteiger partial charge is 0.478 e. The third-order valence-corrected chi connectivity index (χ3v) is 5.41. The quantitative estimate of drug-likeness (QED) is 0.292. The predicted molar refractivity (Wildman–Crippen MR) is 135 cm³/mol. The number of carboxylic acids is 1. The van der Waals surface area contributed by atoms with E-state index in [0.29, 0.717) is 16.1 Å². The highest BCUT2D eigenvalue weighted by Gasteiger charge is 2.41. The molecule has 0 aromatic heterocycles. The molecule has 0 saturated heterocycles. The number of ether oxygens (including phenoxy) is 2. The molecule has 196 valence electrons. The Kier molecular flexibility index (Phi) is 9.18. The maximum Gasteiger partial charge on any atom is 0.349 e. The van der Waals surface area contributed by atoms with Gasteiger partial charge in [-0.2, -0.15) is 0 Å². The van der Waals surface area contributed by atoms with E-state index in [1.54, 1.807) is 38.1 Å². The van der Waals surface area contributed by atoms with E-state index in [4.69, 9.17) is 21.1 Å². The maximum absolute atomic E-state index is 13.0. The molecule has 0 radical (unpaired) electrons. The van der Waals surface area contributed by atoms with Gasteiger partial charge in [0.15, 0.2) is 0 Å². The number of hydrogen-bond acceptors (Lipinski definition) is 7. The molecule has 3 aromatic rings. The van der Waals surface area contributed by atoms with E-state index < -0.39 is 41.9 Å². The van der Waals surface area contributed by atoms with Crippen molar-refractivity contribution in [2.24, 2.45) is 0 Å². The smallest absolute Gasteiger partial charge is 0.349 e. The molecule has 2 amide bonds. The van der Waals surface area contributed by atoms with Crippen LogP contribution in [0.15, 0.2) is 72.8 Å². The van der Waals surface area contributed by atoms with Gasteiger partial charge in [0.05, 0.1) is 11.1 Å². The summed E-state index contributed by atoms with van der Waals surface area (Å²) in [5, 5.41) is 10.2. The Bertz CT molecular complexity index is 1370. The number of aryl methyl sites for hydroxylation is 2. The third-order valence-electron chi connectivity index (χ3n) is 5.16. The van der Waals surface area contributed by atoms with E-state index in [9.17, 15) is 29.1 Å². The van der Waals surface area contributed by atoms with E-state index in [1.807, 2.05) is 5.43 Å². The predicted octanol–water partition coefficient (Wildman–Crippen LogP) is 3.25. The van der Waals surface area contributed by atoms with Gasteiger partial charge in [-0.15, -0.1) is 0 Å². The molecule has 10 nitrogen and oxygen atoms in total. The summed E-state index contributed by atoms with van der Waals surface area (Å²) in [5.41, 5.74) is 5.71. The lowest BCUT2D eigenvalue weighted by Crippen LogP contribution is -2.54. The minimum absolute atomic E-state index is 0.0245. The molecule has 2 atom stereocenters. The zero-order chi connectivity index (χ0) is 27.8. The van der Waals surface area contributed by atoms with Crippen molar-refractivity contribution < 1.29 is 38.6 Å². The molecule has 0 unspecified atom stereocenters. The lowest BCUT2D eigenvalue weighted by Gasteiger charge is -2.23. The van der Waals surface area contributed by atoms with Crippen molar-refractivity contribution >= 4 is 41.3 Å². The summed E-state index contributed by atoms with van der Waals surface area (Å²) in [6.07, 6.45) is -4.41. The van der Waals surface area contributed by atoms with Gasteiger partial charge in [0.2, 0.25) is 12.2 Å². The fraction of sp³-hybridized carbons (Fsp3) is 0.148. The molecule has 0 aliphatic rings. The number of carboxylic acid groups (broad SMARTS) is 1. The zero-order valence-corrected chi connectivity index (χ0v) is 21.0. The summed E-state index contributed by atoms with van der Waals surface area (Å²) in [6, 6.07) is 18.0. The topological polar surface area (TPSA) is 148 Å². The Morgan fingerprint density at radius 3 is 1.68 bits per heavy atom. The van der Waals surface area contributed by atoms with Crippen molar-refractivity contribution in [2.45, 2.75) is 26.1 Å². The van der Waals surface area contributed by atoms with Crippen LogP contribution in [0.5, 0.6) is 0 Å². The summed E-state index contributed by atoms with van der Waals surface area (Å²) in [7, 11) is 0. The molecule has 3 aromatic carbocycles. The van der Waals surface area contributed by atoms with Crippen molar-refractivity contribution in [3.8, 4) is 0 Å². The fourth-order valence-electron chi connectivity index (χ4n) is 3.27. The zero-order valence-electron chi connectivity index (χ0n) is 20.3. The number of carbonyl (C=O) groups excluding carboxylic acids is 4. The van der Waals surface area contributed by atoms with E-state index >= 15 is 0 Å². The van der Waals surface area contributed by atoms with Gasteiger partial charge in [-0.1, -0.05) is 47.0 Å². The van der Waals surface area contributed by atoms with Gasteiger partial charge in [0, 0.05) is 10.6 Å². The van der Waals surface area contributed by atoms with Crippen LogP contribution < -0.4 is 10.9 Å². The summed E-state index contributed by atoms with van der Waals surface area (Å²) in [6.45, 7) is 3.44. The summed E-state index contributed by atoms with van der Waals surface area (Å²) in [4.78, 5) is 63.0. The van der Waals surface area contributed by atoms with Crippen molar-refractivity contribution in [1.82, 2.24) is 10.9 Å². The van der Waals surface area contributed by atoms with Crippen LogP contribution in [0.1, 0.15) is 42.2 Å². The van der Waals surface area contributed by atoms with Gasteiger partial charge in [0.25, 0.3) is 11.8 Å². The van der Waals surface area contributed by atoms with Crippen LogP contribution in [-0.4, -0.2) is 47.0 Å². The number of rotatable bonds is 8. The van der Waals surface area contributed by atoms with Crippen molar-refractivity contribution in [3.05, 3.63) is 106 Å². The Morgan fingerprint density at radius 2 is 1.21 bits per heavy atom. The SMILES string of the molecule is Cc1cccc(C(=O)O[C@H](C(=O)NNC(=O)c2ccc(Cl)cc2)[C@@H](OC(=O)c2cccc(C)c2)C(=O)O)c1. The summed E-state index contributed by atoms with van der Waals surface area (Å²) >= 11 is 5.81. The van der Waals surface area contributed by atoms with Crippen molar-refractivity contribution in [1.29, 1.82) is 0 Å². The highest BCUT2D eigenvalue weighted by atomic mass is 35.5. The van der Waals surface area contributed by atoms with Gasteiger partial charge in [0.1, 0.15) is 0 Å². The second-order valence-corrected chi connectivity index (χ2v) is 8.62. The first kappa shape index (κ1) is 27.9. The van der Waals surface area contributed by atoms with Crippen LogP contribution in [0.4, 0.5) is 0 Å². The molecule has 0 saturated carbocycles. The minimum Gasteiger partial charge on any atom is -0.478 e. The van der Waals surface area contributed by atoms with Crippen molar-refractivity contribution in [2.75, 3.05) is 0 Å². The van der Waals surface area contributed by atoms with Gasteiger partial charge >= 0.3 is 17.9 Å². The van der Waals surface area contributed by atoms with Gasteiger partial charge in [-0.3, -0.25) is 20.4 Å². The van der Waals surface area contributed by atoms with Crippen LogP contribution in [-0.2, 0) is 19.1 Å². The summed E-state index contributed by atoms with van der Waals surface area (Å²) < 4.78 is 10.3. The first-order chi connectivity index (χ1) is 18.0. The first-order valence-corrected chi connectivity index (χ1v) is 11.6. The number of benzene rings is 3. The van der Waals surface area contributed by atoms with E-state index in [1.165, 1.54) is 48.5 Å². The molecular formula is C27H23ClN2O8. The van der Waals surface area contributed by atoms with Gasteiger partial charge in [-0.05, 0) is 62.4 Å². The number of amides is 2. The molecular weight excluding hydrogens is 516 g/mol. The second kappa shape index (κ2) is 12.5. The van der Waals surface area contributed by atoms with E-state index in [0.717, 1.165) is 0 Å². The number of carbonyl (C=O) groups is 5. The number of halogens is 1. The third kappa shape index (κ3) is 7.40. The number of nitrogens with one attached hydrogen (secondary N) is 2. The molecule has 0 bridgehead atoms. The average Bonchev–Trinajstić information content (AvgIpc) is 2.89. The molecule has 0 spiro atoms. The maximum atomic E-state index is 13.0. The van der Waals surface area contributed by atoms with Crippen molar-refractivity contribution in [3.63, 3.8) is 0 Å². The van der Waals surface area contributed by atoms with Gasteiger partial charge in [-0.25, -0.2) is 14.4 Å². The second-order valence-electron chi connectivity index (χ2n) is 8.18. The Morgan fingerprint density at radius 1 is 0.711 bits per heavy atom. The van der Waals surface area contributed by atoms with Crippen LogP contribution in [0.3, 0.4) is 0 Å². The van der Waals surface area contributed by atoms with Crippen LogP contribution in [0.25, 0.3) is 0 Å². The number of aliphatic carboxylic acids is 1. The van der Waals surface area contributed by atoms with Gasteiger partial charge < -0.3 is 14.6 Å². The minimum atomic E-state index is -2.25. The fourth-order valence-corrected chi connectivity index (χ4v) is 3.39. The molecule has 0 aliphatic heterocycles. The molecule has 0 aliphatic carbocycles. The van der Waals surface area contributed by atoms with Crippen LogP contribution in [0, 0.1) is 13.8 Å². The normalized spacial score (nSPS) is 12.0. The Labute approximate surface area is 222 Å². The van der Waals surface area contributed by atoms with E-state index in [2.05, 4.69) is 5.43 Å². The van der Waals surface area contributed by atoms with Crippen LogP contribution in [0.2, 0.25) is 5.02 Å². The molecule has 3 N–H and O–H groups in total. The highest BCUT2D eigenvalue weighted by molar-refractivity contribution is 6.30. The highest BCUT2D eigenvalue weighted by Crippen LogP contribution is 2.15. The molecule has 38 heavy (non-hydrogen) atoms. The molecule has 0 fully saturated rings. The number of hydrogen-bond donors (Lipinski definition) is 3. The molecule has 11 heteroatoms. The molecule has 0 heterocycles. The number of esters is 2. The standard InChI is InChI=1S/C27H23ClN2O8/c1-15-5-3-7-18(13-15)26(35)37-21(24(32)30-29-23(31)17-9-11-20(28)12-10-17)22(25(33)34)38-27(36)19-8-4-6-16(2)14-19/h3-14,21-22H,1-2H3,(H,29,31)(H,30,32)(H,33,34)/t21-,22+/m0/s1. The first-order valence-electron chi connectivity index (χ1n) is 11.2. The molecule has 3 rings (SSSR count). The Hall–Kier alpha value is -4.70. The lowest BCUT2D eigenvalue weighted by atomic mass is 10.1. The lowest BCUT2D eigenvalue weighted by molar-refractivity contribution is -0.159. The van der Waals surface area contributed by atoms with E-state index in [-0.39, 0.29) is 16.7 Å². The summed E-state index contributed by atoms with van der Waals surface area (Å²) in [5.74, 6) is -5.88. The average molecular weight is 539 g/mol. The van der Waals surface area contributed by atoms with Crippen LogP contribution >= 0.6 is 11.6 Å².